The highest BCUT2D eigenvalue weighted by Gasteiger charge is 2.12. The van der Waals surface area contributed by atoms with Crippen molar-refractivity contribution in [3.8, 4) is 0 Å². The number of pyridine rings is 1. The fraction of sp³-hybridized carbons (Fsp3) is 0.167. The number of benzene rings is 2. The molecule has 0 aliphatic heterocycles. The predicted octanol–water partition coefficient (Wildman–Crippen LogP) is 4.67. The summed E-state index contributed by atoms with van der Waals surface area (Å²) < 4.78 is 2.38. The Hall–Kier alpha value is -2.35. The van der Waals surface area contributed by atoms with Crippen LogP contribution in [-0.4, -0.2) is 9.55 Å². The molecule has 0 aliphatic rings. The molecule has 0 fully saturated rings. The molecular formula is C18H16N2. The van der Waals surface area contributed by atoms with E-state index in [-0.39, 0.29) is 0 Å². The molecule has 4 aromatic rings. The maximum Gasteiger partial charge on any atom is 0.0712 e. The molecule has 98 valence electrons. The smallest absolute Gasteiger partial charge is 0.0712 e. The number of para-hydroxylation sites is 1. The van der Waals surface area contributed by atoms with Crippen molar-refractivity contribution in [1.82, 2.24) is 9.55 Å². The van der Waals surface area contributed by atoms with Crippen molar-refractivity contribution in [2.24, 2.45) is 0 Å². The number of fused-ring (bicyclic) bond motifs is 5. The lowest BCUT2D eigenvalue weighted by Crippen LogP contribution is -1.92. The van der Waals surface area contributed by atoms with Gasteiger partial charge >= 0.3 is 0 Å². The van der Waals surface area contributed by atoms with E-state index >= 15 is 0 Å². The second-order valence-electron chi connectivity index (χ2n) is 5.24. The van der Waals surface area contributed by atoms with Gasteiger partial charge in [-0.25, -0.2) is 0 Å². The Morgan fingerprint density at radius 3 is 2.60 bits per heavy atom. The standard InChI is InChI=1S/C18H16N2/c1-3-20-16-7-5-4-6-14(16)18-13-9-8-12(2)19-15(13)10-11-17(18)20/h4-11H,3H2,1-2H3. The molecule has 0 aliphatic carbocycles. The van der Waals surface area contributed by atoms with Crippen molar-refractivity contribution in [1.29, 1.82) is 0 Å². The maximum absolute atomic E-state index is 4.66. The maximum atomic E-state index is 4.66. The second-order valence-corrected chi connectivity index (χ2v) is 5.24. The molecule has 2 heteroatoms. The van der Waals surface area contributed by atoms with Crippen LogP contribution in [0.5, 0.6) is 0 Å². The SMILES string of the molecule is CCn1c2ccccc2c2c3ccc(C)nc3ccc21. The van der Waals surface area contributed by atoms with E-state index in [0.29, 0.717) is 0 Å². The van der Waals surface area contributed by atoms with Gasteiger partial charge < -0.3 is 4.57 Å². The lowest BCUT2D eigenvalue weighted by atomic mass is 10.1. The minimum Gasteiger partial charge on any atom is -0.341 e. The van der Waals surface area contributed by atoms with Crippen molar-refractivity contribution in [3.05, 3.63) is 54.2 Å². The van der Waals surface area contributed by atoms with E-state index < -0.39 is 0 Å². The second kappa shape index (κ2) is 4.07. The summed E-state index contributed by atoms with van der Waals surface area (Å²) in [5.74, 6) is 0. The number of hydrogen-bond acceptors (Lipinski definition) is 1. The largest absolute Gasteiger partial charge is 0.341 e. The molecular weight excluding hydrogens is 244 g/mol. The third-order valence-electron chi connectivity index (χ3n) is 4.06. The van der Waals surface area contributed by atoms with Gasteiger partial charge in [-0.2, -0.15) is 0 Å². The Morgan fingerprint density at radius 2 is 1.75 bits per heavy atom. The van der Waals surface area contributed by atoms with Crippen molar-refractivity contribution < 1.29 is 0 Å². The molecule has 2 nitrogen and oxygen atoms in total. The molecule has 2 aromatic carbocycles. The highest BCUT2D eigenvalue weighted by atomic mass is 15.0. The zero-order valence-corrected chi connectivity index (χ0v) is 11.7. The summed E-state index contributed by atoms with van der Waals surface area (Å²) in [6.07, 6.45) is 0. The van der Waals surface area contributed by atoms with Crippen LogP contribution in [-0.2, 0) is 6.54 Å². The number of nitrogens with zero attached hydrogens (tertiary/aromatic N) is 2. The first-order valence-electron chi connectivity index (χ1n) is 7.07. The van der Waals surface area contributed by atoms with Gasteiger partial charge in [0.1, 0.15) is 0 Å². The first kappa shape index (κ1) is 11.5. The van der Waals surface area contributed by atoms with Crippen LogP contribution in [0.2, 0.25) is 0 Å². The van der Waals surface area contributed by atoms with Crippen LogP contribution < -0.4 is 0 Å². The molecule has 0 radical (unpaired) electrons. The van der Waals surface area contributed by atoms with E-state index in [1.54, 1.807) is 0 Å². The van der Waals surface area contributed by atoms with Gasteiger partial charge in [0, 0.05) is 39.4 Å². The van der Waals surface area contributed by atoms with Gasteiger partial charge in [0.25, 0.3) is 0 Å². The van der Waals surface area contributed by atoms with Gasteiger partial charge in [-0.15, -0.1) is 0 Å². The summed E-state index contributed by atoms with van der Waals surface area (Å²) in [6.45, 7) is 5.22. The zero-order valence-electron chi connectivity index (χ0n) is 11.7. The number of hydrogen-bond donors (Lipinski definition) is 0. The molecule has 0 amide bonds. The fourth-order valence-corrected chi connectivity index (χ4v) is 3.19. The van der Waals surface area contributed by atoms with E-state index in [9.17, 15) is 0 Å². The molecule has 0 saturated carbocycles. The normalized spacial score (nSPS) is 11.7. The Balaban J connectivity index is 2.32. The minimum absolute atomic E-state index is 0.981. The van der Waals surface area contributed by atoms with Crippen LogP contribution in [0, 0.1) is 6.92 Å². The Kier molecular flexibility index (Phi) is 2.34. The van der Waals surface area contributed by atoms with E-state index in [1.165, 1.54) is 27.2 Å². The van der Waals surface area contributed by atoms with Gasteiger partial charge in [-0.05, 0) is 38.1 Å². The van der Waals surface area contributed by atoms with Crippen molar-refractivity contribution >= 4 is 32.7 Å². The van der Waals surface area contributed by atoms with Gasteiger partial charge in [0.2, 0.25) is 0 Å². The van der Waals surface area contributed by atoms with Crippen molar-refractivity contribution in [3.63, 3.8) is 0 Å². The first-order chi connectivity index (χ1) is 9.79. The van der Waals surface area contributed by atoms with Crippen LogP contribution in [0.15, 0.2) is 48.5 Å². The molecule has 0 spiro atoms. The molecule has 4 rings (SSSR count). The van der Waals surface area contributed by atoms with E-state index in [4.69, 9.17) is 0 Å². The number of aryl methyl sites for hydroxylation is 2. The van der Waals surface area contributed by atoms with Gasteiger partial charge in [0.15, 0.2) is 0 Å². The molecule has 0 unspecified atom stereocenters. The first-order valence-corrected chi connectivity index (χ1v) is 7.07. The molecule has 2 aromatic heterocycles. The summed E-state index contributed by atoms with van der Waals surface area (Å²) in [5, 5.41) is 3.89. The summed E-state index contributed by atoms with van der Waals surface area (Å²) in [5.41, 5.74) is 4.75. The quantitative estimate of drug-likeness (QED) is 0.486. The third kappa shape index (κ3) is 1.42. The fourth-order valence-electron chi connectivity index (χ4n) is 3.19. The highest BCUT2D eigenvalue weighted by molar-refractivity contribution is 6.20. The van der Waals surface area contributed by atoms with Gasteiger partial charge in [0.05, 0.1) is 5.52 Å². The van der Waals surface area contributed by atoms with Crippen molar-refractivity contribution in [2.75, 3.05) is 0 Å². The molecule has 0 atom stereocenters. The lowest BCUT2D eigenvalue weighted by Gasteiger charge is -2.04. The molecule has 20 heavy (non-hydrogen) atoms. The van der Waals surface area contributed by atoms with Crippen LogP contribution in [0.25, 0.3) is 32.7 Å². The molecule has 0 N–H and O–H groups in total. The van der Waals surface area contributed by atoms with Gasteiger partial charge in [-0.1, -0.05) is 24.3 Å². The number of aromatic nitrogens is 2. The van der Waals surface area contributed by atoms with Gasteiger partial charge in [-0.3, -0.25) is 4.98 Å². The van der Waals surface area contributed by atoms with Crippen LogP contribution in [0.3, 0.4) is 0 Å². The minimum atomic E-state index is 0.981. The average molecular weight is 260 g/mol. The van der Waals surface area contributed by atoms with Crippen LogP contribution >= 0.6 is 0 Å². The van der Waals surface area contributed by atoms with E-state index in [0.717, 1.165) is 17.8 Å². The number of rotatable bonds is 1. The highest BCUT2D eigenvalue weighted by Crippen LogP contribution is 2.34. The van der Waals surface area contributed by atoms with Crippen LogP contribution in [0.1, 0.15) is 12.6 Å². The zero-order chi connectivity index (χ0) is 13.7. The monoisotopic (exact) mass is 260 g/mol. The molecule has 2 heterocycles. The van der Waals surface area contributed by atoms with E-state index in [2.05, 4.69) is 65.0 Å². The summed E-state index contributed by atoms with van der Waals surface area (Å²) in [6, 6.07) is 17.3. The Bertz CT molecular complexity index is 948. The Morgan fingerprint density at radius 1 is 0.900 bits per heavy atom. The summed E-state index contributed by atoms with van der Waals surface area (Å²) in [4.78, 5) is 4.66. The van der Waals surface area contributed by atoms with E-state index in [1.807, 2.05) is 6.92 Å². The third-order valence-corrected chi connectivity index (χ3v) is 4.06. The predicted molar refractivity (Wildman–Crippen MR) is 85.2 cm³/mol. The van der Waals surface area contributed by atoms with Crippen LogP contribution in [0.4, 0.5) is 0 Å². The summed E-state index contributed by atoms with van der Waals surface area (Å²) >= 11 is 0. The molecule has 0 bridgehead atoms. The summed E-state index contributed by atoms with van der Waals surface area (Å²) in [7, 11) is 0. The topological polar surface area (TPSA) is 17.8 Å². The average Bonchev–Trinajstić information content (AvgIpc) is 2.80. The Labute approximate surface area is 117 Å². The van der Waals surface area contributed by atoms with Crippen molar-refractivity contribution in [2.45, 2.75) is 20.4 Å². The lowest BCUT2D eigenvalue weighted by molar-refractivity contribution is 0.827. The molecule has 0 saturated heterocycles.